The maximum absolute atomic E-state index is 13.4. The van der Waals surface area contributed by atoms with Crippen molar-refractivity contribution < 1.29 is 9.18 Å². The van der Waals surface area contributed by atoms with E-state index in [-0.39, 0.29) is 23.6 Å². The van der Waals surface area contributed by atoms with Gasteiger partial charge in [-0.2, -0.15) is 0 Å². The molecule has 4 heteroatoms. The van der Waals surface area contributed by atoms with Gasteiger partial charge in [-0.3, -0.25) is 4.79 Å². The fourth-order valence-corrected chi connectivity index (χ4v) is 2.02. The van der Waals surface area contributed by atoms with Crippen LogP contribution in [0.5, 0.6) is 0 Å². The number of rotatable bonds is 4. The van der Waals surface area contributed by atoms with E-state index in [0.29, 0.717) is 5.56 Å². The Hall–Kier alpha value is -1.86. The van der Waals surface area contributed by atoms with Crippen LogP contribution in [-0.4, -0.2) is 18.0 Å². The van der Waals surface area contributed by atoms with Crippen molar-refractivity contribution in [2.75, 3.05) is 6.54 Å². The third-order valence-electron chi connectivity index (χ3n) is 2.88. The topological polar surface area (TPSA) is 55.1 Å². The lowest BCUT2D eigenvalue weighted by atomic mass is 9.97. The molecule has 1 aromatic rings. The van der Waals surface area contributed by atoms with Crippen molar-refractivity contribution >= 4 is 5.91 Å². The maximum Gasteiger partial charge on any atom is 0.253 e. The first-order chi connectivity index (χ1) is 9.39. The summed E-state index contributed by atoms with van der Waals surface area (Å²) in [5.74, 6) is 4.71. The van der Waals surface area contributed by atoms with E-state index in [9.17, 15) is 9.18 Å². The number of carbonyl (C=O) groups excluding carboxylic acids is 1. The smallest absolute Gasteiger partial charge is 0.253 e. The predicted molar refractivity (Wildman–Crippen MR) is 78.8 cm³/mol. The Labute approximate surface area is 119 Å². The van der Waals surface area contributed by atoms with E-state index in [4.69, 9.17) is 5.73 Å². The molecule has 0 aliphatic rings. The lowest BCUT2D eigenvalue weighted by Gasteiger charge is -2.26. The molecule has 0 aliphatic heterocycles. The molecule has 0 unspecified atom stereocenters. The zero-order valence-corrected chi connectivity index (χ0v) is 12.2. The van der Waals surface area contributed by atoms with Crippen LogP contribution >= 0.6 is 0 Å². The second-order valence-electron chi connectivity index (χ2n) is 5.28. The molecular weight excluding hydrogens is 255 g/mol. The number of nitrogens with two attached hydrogens (primary N) is 1. The van der Waals surface area contributed by atoms with E-state index >= 15 is 0 Å². The molecule has 0 saturated carbocycles. The van der Waals surface area contributed by atoms with Crippen LogP contribution in [0, 0.1) is 17.7 Å². The quantitative estimate of drug-likeness (QED) is 0.830. The Kier molecular flexibility index (Phi) is 5.72. The highest BCUT2D eigenvalue weighted by molar-refractivity contribution is 5.97. The largest absolute Gasteiger partial charge is 0.347 e. The van der Waals surface area contributed by atoms with Crippen LogP contribution in [0.2, 0.25) is 0 Å². The molecule has 0 radical (unpaired) electrons. The Morgan fingerprint density at radius 2 is 2.15 bits per heavy atom. The van der Waals surface area contributed by atoms with E-state index in [1.54, 1.807) is 0 Å². The van der Waals surface area contributed by atoms with Crippen molar-refractivity contribution in [3.05, 3.63) is 35.1 Å². The lowest BCUT2D eigenvalue weighted by molar-refractivity contribution is 0.0908. The van der Waals surface area contributed by atoms with Gasteiger partial charge in [0.25, 0.3) is 5.91 Å². The molecule has 0 heterocycles. The number of hydrogen-bond donors (Lipinski definition) is 2. The summed E-state index contributed by atoms with van der Waals surface area (Å²) in [4.78, 5) is 12.3. The van der Waals surface area contributed by atoms with E-state index in [1.807, 2.05) is 20.8 Å². The van der Waals surface area contributed by atoms with E-state index in [0.717, 1.165) is 12.8 Å². The normalized spacial score (nSPS) is 10.7. The van der Waals surface area contributed by atoms with Gasteiger partial charge >= 0.3 is 0 Å². The van der Waals surface area contributed by atoms with E-state index in [1.165, 1.54) is 18.2 Å². The molecule has 0 bridgehead atoms. The molecule has 0 atom stereocenters. The Bertz CT molecular complexity index is 541. The zero-order chi connectivity index (χ0) is 15.2. The highest BCUT2D eigenvalue weighted by Crippen LogP contribution is 2.15. The van der Waals surface area contributed by atoms with E-state index < -0.39 is 5.82 Å². The van der Waals surface area contributed by atoms with Gasteiger partial charge in [-0.1, -0.05) is 25.2 Å². The first kappa shape index (κ1) is 16.2. The Morgan fingerprint density at radius 1 is 1.45 bits per heavy atom. The standard InChI is InChI=1S/C16H21FN2O/c1-4-9-16(2,3)19-15(20)14-11-13(17)8-7-12(14)6-5-10-18/h7-8,11H,4,9-10,18H2,1-3H3,(H,19,20). The summed E-state index contributed by atoms with van der Waals surface area (Å²) in [6.07, 6.45) is 1.80. The SMILES string of the molecule is CCCC(C)(C)NC(=O)c1cc(F)ccc1C#CCN. The second kappa shape index (κ2) is 7.06. The number of halogens is 1. The van der Waals surface area contributed by atoms with E-state index in [2.05, 4.69) is 17.2 Å². The van der Waals surface area contributed by atoms with Crippen LogP contribution in [0.3, 0.4) is 0 Å². The molecule has 0 spiro atoms. The molecule has 3 N–H and O–H groups in total. The zero-order valence-electron chi connectivity index (χ0n) is 12.2. The van der Waals surface area contributed by atoms with Gasteiger partial charge in [-0.05, 0) is 38.5 Å². The third kappa shape index (κ3) is 4.67. The summed E-state index contributed by atoms with van der Waals surface area (Å²) < 4.78 is 13.4. The van der Waals surface area contributed by atoms with Gasteiger partial charge in [0.15, 0.2) is 0 Å². The van der Waals surface area contributed by atoms with Gasteiger partial charge in [0.05, 0.1) is 12.1 Å². The van der Waals surface area contributed by atoms with Crippen LogP contribution in [0.15, 0.2) is 18.2 Å². The molecule has 108 valence electrons. The van der Waals surface area contributed by atoms with Crippen LogP contribution in [0.4, 0.5) is 4.39 Å². The fraction of sp³-hybridized carbons (Fsp3) is 0.438. The molecule has 1 rings (SSSR count). The average Bonchev–Trinajstić information content (AvgIpc) is 2.36. The molecule has 1 aromatic carbocycles. The summed E-state index contributed by atoms with van der Waals surface area (Å²) >= 11 is 0. The number of amides is 1. The molecule has 0 aliphatic carbocycles. The molecule has 0 fully saturated rings. The predicted octanol–water partition coefficient (Wildman–Crippen LogP) is 2.44. The van der Waals surface area contributed by atoms with Crippen LogP contribution in [0.1, 0.15) is 49.5 Å². The van der Waals surface area contributed by atoms with Crippen molar-refractivity contribution in [3.63, 3.8) is 0 Å². The molecule has 3 nitrogen and oxygen atoms in total. The molecule has 0 aromatic heterocycles. The fourth-order valence-electron chi connectivity index (χ4n) is 2.02. The molecule has 0 saturated heterocycles. The minimum Gasteiger partial charge on any atom is -0.347 e. The first-order valence-electron chi connectivity index (χ1n) is 6.70. The van der Waals surface area contributed by atoms with Gasteiger partial charge in [0.1, 0.15) is 5.82 Å². The van der Waals surface area contributed by atoms with Crippen molar-refractivity contribution in [3.8, 4) is 11.8 Å². The number of hydrogen-bond acceptors (Lipinski definition) is 2. The van der Waals surface area contributed by atoms with Gasteiger partial charge in [-0.25, -0.2) is 4.39 Å². The molecule has 1 amide bonds. The van der Waals surface area contributed by atoms with Crippen LogP contribution < -0.4 is 11.1 Å². The van der Waals surface area contributed by atoms with Crippen molar-refractivity contribution in [1.82, 2.24) is 5.32 Å². The molecule has 20 heavy (non-hydrogen) atoms. The summed E-state index contributed by atoms with van der Waals surface area (Å²) in [5.41, 5.74) is 5.72. The molecular formula is C16H21FN2O. The summed E-state index contributed by atoms with van der Waals surface area (Å²) in [6, 6.07) is 3.99. The van der Waals surface area contributed by atoms with Crippen molar-refractivity contribution in [2.24, 2.45) is 5.73 Å². The summed E-state index contributed by atoms with van der Waals surface area (Å²) in [5, 5.41) is 2.91. The van der Waals surface area contributed by atoms with Crippen molar-refractivity contribution in [2.45, 2.75) is 39.2 Å². The van der Waals surface area contributed by atoms with Crippen LogP contribution in [-0.2, 0) is 0 Å². The average molecular weight is 276 g/mol. The lowest BCUT2D eigenvalue weighted by Crippen LogP contribution is -2.43. The Balaban J connectivity index is 3.05. The number of nitrogens with one attached hydrogen (secondary N) is 1. The third-order valence-corrected chi connectivity index (χ3v) is 2.88. The van der Waals surface area contributed by atoms with Gasteiger partial charge in [0.2, 0.25) is 0 Å². The van der Waals surface area contributed by atoms with Crippen LogP contribution in [0.25, 0.3) is 0 Å². The highest BCUT2D eigenvalue weighted by atomic mass is 19.1. The highest BCUT2D eigenvalue weighted by Gasteiger charge is 2.21. The van der Waals surface area contributed by atoms with Crippen molar-refractivity contribution in [1.29, 1.82) is 0 Å². The first-order valence-corrected chi connectivity index (χ1v) is 6.70. The maximum atomic E-state index is 13.4. The minimum absolute atomic E-state index is 0.194. The van der Waals surface area contributed by atoms with Gasteiger partial charge < -0.3 is 11.1 Å². The number of carbonyl (C=O) groups is 1. The summed E-state index contributed by atoms with van der Waals surface area (Å²) in [6.45, 7) is 6.13. The minimum atomic E-state index is -0.457. The summed E-state index contributed by atoms with van der Waals surface area (Å²) in [7, 11) is 0. The van der Waals surface area contributed by atoms with Gasteiger partial charge in [-0.15, -0.1) is 0 Å². The monoisotopic (exact) mass is 276 g/mol. The second-order valence-corrected chi connectivity index (χ2v) is 5.28. The number of benzene rings is 1. The van der Waals surface area contributed by atoms with Gasteiger partial charge in [0, 0.05) is 11.1 Å². The Morgan fingerprint density at radius 3 is 2.75 bits per heavy atom.